The van der Waals surface area contributed by atoms with Crippen molar-refractivity contribution >= 4 is 76.5 Å². The summed E-state index contributed by atoms with van der Waals surface area (Å²) < 4.78 is 0. The molecule has 1 saturated heterocycles. The van der Waals surface area contributed by atoms with E-state index in [0.717, 1.165) is 35.5 Å². The number of likely N-dealkylation sites (N-methyl/N-ethyl adjacent to an activating group) is 7. The van der Waals surface area contributed by atoms with Crippen molar-refractivity contribution in [1.82, 2.24) is 55.6 Å². The number of nitrogens with zero attached hydrogens (tertiary/aromatic N) is 7. The van der Waals surface area contributed by atoms with Crippen molar-refractivity contribution in [3.05, 3.63) is 35.4 Å². The minimum Gasteiger partial charge on any atom is -0.390 e. The Morgan fingerprint density at radius 3 is 1.35 bits per heavy atom. The average molecular weight is 1410 g/mol. The van der Waals surface area contributed by atoms with Gasteiger partial charge in [-0.2, -0.15) is 0 Å². The Morgan fingerprint density at radius 2 is 0.870 bits per heavy atom. The van der Waals surface area contributed by atoms with E-state index in [1.165, 1.54) is 94.6 Å². The van der Waals surface area contributed by atoms with Gasteiger partial charge in [0.25, 0.3) is 0 Å². The van der Waals surface area contributed by atoms with Crippen LogP contribution in [0.1, 0.15) is 222 Å². The van der Waals surface area contributed by atoms with Crippen LogP contribution < -0.4 is 21.3 Å². The number of ketones is 2. The van der Waals surface area contributed by atoms with Gasteiger partial charge in [-0.25, -0.2) is 0 Å². The van der Waals surface area contributed by atoms with Gasteiger partial charge in [-0.15, -0.1) is 0 Å². The van der Waals surface area contributed by atoms with Gasteiger partial charge in [-0.05, 0) is 107 Å². The lowest BCUT2D eigenvalue weighted by Crippen LogP contribution is -2.63. The number of aliphatic hydroxyl groups is 1. The molecule has 11 amide bonds. The fourth-order valence-corrected chi connectivity index (χ4v) is 12.9. The van der Waals surface area contributed by atoms with Crippen molar-refractivity contribution < 1.29 is 67.4 Å². The molecule has 1 fully saturated rings. The number of benzene rings is 1. The van der Waals surface area contributed by atoms with Crippen molar-refractivity contribution in [2.75, 3.05) is 55.9 Å². The molecule has 1 aromatic carbocycles. The minimum atomic E-state index is -1.65. The molecule has 0 radical (unpaired) electrons. The van der Waals surface area contributed by atoms with Crippen molar-refractivity contribution in [2.24, 2.45) is 41.4 Å². The number of Topliss-reactive ketones (excluding diaryl/α,β-unsaturated/α-hetero) is 2. The molecule has 0 aliphatic carbocycles. The first-order valence-corrected chi connectivity index (χ1v) is 36.3. The van der Waals surface area contributed by atoms with Crippen molar-refractivity contribution in [1.29, 1.82) is 0 Å². The highest BCUT2D eigenvalue weighted by atomic mass is 16.3. The number of carbonyl (C=O) groups excluding carboxylic acids is 13. The maximum absolute atomic E-state index is 15.4. The summed E-state index contributed by atoms with van der Waals surface area (Å²) in [6, 6.07) is -5.93. The summed E-state index contributed by atoms with van der Waals surface area (Å²) in [5, 5.41) is 23.6. The summed E-state index contributed by atoms with van der Waals surface area (Å²) in [5.41, 5.74) is 1.09. The molecule has 1 aliphatic rings. The molecule has 25 heteroatoms. The second-order valence-corrected chi connectivity index (χ2v) is 30.5. The molecule has 25 nitrogen and oxygen atoms in total. The first-order valence-electron chi connectivity index (χ1n) is 36.3. The van der Waals surface area contributed by atoms with Crippen LogP contribution in [0.25, 0.3) is 0 Å². The van der Waals surface area contributed by atoms with Crippen molar-refractivity contribution in [2.45, 2.75) is 268 Å². The Kier molecular flexibility index (Phi) is 36.9. The normalized spacial score (nSPS) is 24.5. The smallest absolute Gasteiger partial charge is 0.246 e. The highest BCUT2D eigenvalue weighted by molar-refractivity contribution is 6.01. The molecule has 1 aromatic rings. The summed E-state index contributed by atoms with van der Waals surface area (Å²) >= 11 is 0. The molecule has 0 unspecified atom stereocenters. The quantitative estimate of drug-likeness (QED) is 0.0545. The highest BCUT2D eigenvalue weighted by Gasteiger charge is 2.46. The highest BCUT2D eigenvalue weighted by Crippen LogP contribution is 2.27. The Balaban J connectivity index is 2.85. The molecule has 566 valence electrons. The Bertz CT molecular complexity index is 2930. The molecule has 2 rings (SSSR count). The molecule has 100 heavy (non-hydrogen) atoms. The zero-order valence-corrected chi connectivity index (χ0v) is 65.0. The zero-order valence-electron chi connectivity index (χ0n) is 65.0. The largest absolute Gasteiger partial charge is 0.390 e. The van der Waals surface area contributed by atoms with E-state index in [2.05, 4.69) is 21.3 Å². The van der Waals surface area contributed by atoms with Crippen molar-refractivity contribution in [3.63, 3.8) is 0 Å². The van der Waals surface area contributed by atoms with Gasteiger partial charge in [-0.1, -0.05) is 153 Å². The van der Waals surface area contributed by atoms with Crippen LogP contribution in [0.2, 0.25) is 0 Å². The molecule has 0 spiro atoms. The van der Waals surface area contributed by atoms with Crippen LogP contribution in [0, 0.1) is 41.4 Å². The van der Waals surface area contributed by atoms with E-state index >= 15 is 19.2 Å². The van der Waals surface area contributed by atoms with Gasteiger partial charge in [0.15, 0.2) is 11.6 Å². The second-order valence-electron chi connectivity index (χ2n) is 30.5. The minimum absolute atomic E-state index is 0.00113. The maximum Gasteiger partial charge on any atom is 0.246 e. The summed E-state index contributed by atoms with van der Waals surface area (Å²) in [5.74, 6) is -10.1. The van der Waals surface area contributed by atoms with Gasteiger partial charge in [0.05, 0.1) is 12.6 Å². The van der Waals surface area contributed by atoms with Gasteiger partial charge < -0.3 is 60.7 Å². The van der Waals surface area contributed by atoms with Crippen LogP contribution in [-0.4, -0.2) is 238 Å². The van der Waals surface area contributed by atoms with E-state index in [1.807, 2.05) is 55.4 Å². The van der Waals surface area contributed by atoms with E-state index in [9.17, 15) is 48.3 Å². The van der Waals surface area contributed by atoms with Crippen LogP contribution in [-0.2, 0) is 52.7 Å². The Morgan fingerprint density at radius 1 is 0.450 bits per heavy atom. The van der Waals surface area contributed by atoms with Gasteiger partial charge in [0.2, 0.25) is 65.0 Å². The molecular weight excluding hydrogens is 1280 g/mol. The topological polar surface area (TPSA) is 313 Å². The van der Waals surface area contributed by atoms with E-state index in [1.54, 1.807) is 65.8 Å². The van der Waals surface area contributed by atoms with Gasteiger partial charge in [-0.3, -0.25) is 62.3 Å². The first kappa shape index (κ1) is 88.8. The average Bonchev–Trinajstić information content (AvgIpc) is 0.801. The molecule has 1 heterocycles. The van der Waals surface area contributed by atoms with E-state index in [4.69, 9.17) is 0 Å². The number of unbranched alkanes of at least 4 members (excludes halogenated alkanes) is 5. The number of amides is 11. The number of hydrogen-bond donors (Lipinski definition) is 5. The van der Waals surface area contributed by atoms with Crippen molar-refractivity contribution in [3.8, 4) is 0 Å². The second kappa shape index (κ2) is 41.6. The summed E-state index contributed by atoms with van der Waals surface area (Å²) in [6.07, 6.45) is 4.34. The lowest BCUT2D eigenvalue weighted by Gasteiger charge is -2.41. The third-order valence-corrected chi connectivity index (χ3v) is 19.3. The monoisotopic (exact) mass is 1410 g/mol. The molecule has 0 bridgehead atoms. The van der Waals surface area contributed by atoms with Crippen LogP contribution in [0.5, 0.6) is 0 Å². The van der Waals surface area contributed by atoms with Crippen LogP contribution in [0.3, 0.4) is 0 Å². The van der Waals surface area contributed by atoms with Gasteiger partial charge in [0, 0.05) is 66.9 Å². The number of nitrogens with one attached hydrogen (secondary N) is 4. The maximum atomic E-state index is 15.4. The fourth-order valence-electron chi connectivity index (χ4n) is 12.9. The van der Waals surface area contributed by atoms with E-state index < -0.39 is 156 Å². The molecule has 5 N–H and O–H groups in total. The molecular formula is C75H127N11O14. The predicted octanol–water partition coefficient (Wildman–Crippen LogP) is 6.51. The van der Waals surface area contributed by atoms with Crippen LogP contribution >= 0.6 is 0 Å². The third kappa shape index (κ3) is 25.9. The third-order valence-electron chi connectivity index (χ3n) is 19.3. The van der Waals surface area contributed by atoms with E-state index in [-0.39, 0.29) is 67.3 Å². The summed E-state index contributed by atoms with van der Waals surface area (Å²) in [7, 11) is 9.92. The predicted molar refractivity (Wildman–Crippen MR) is 387 cm³/mol. The first-order chi connectivity index (χ1) is 46.4. The van der Waals surface area contributed by atoms with Crippen LogP contribution in [0.4, 0.5) is 0 Å². The fraction of sp³-hybridized carbons (Fsp3) is 0.747. The molecule has 1 aliphatic heterocycles. The van der Waals surface area contributed by atoms with Gasteiger partial charge >= 0.3 is 0 Å². The number of aliphatic hydroxyl groups excluding tert-OH is 1. The van der Waals surface area contributed by atoms with Gasteiger partial charge in [0.1, 0.15) is 60.4 Å². The lowest BCUT2D eigenvalue weighted by molar-refractivity contribution is -0.157. The van der Waals surface area contributed by atoms with Crippen LogP contribution in [0.15, 0.2) is 24.3 Å². The number of hydrogen-bond acceptors (Lipinski definition) is 14. The summed E-state index contributed by atoms with van der Waals surface area (Å²) in [4.78, 5) is 195. The van der Waals surface area contributed by atoms with E-state index in [0.29, 0.717) is 36.8 Å². The zero-order chi connectivity index (χ0) is 76.7. The Hall–Kier alpha value is -7.31. The standard InChI is InChI=1S/C75H127N11O14/c1-25-55-71(96)80(18)42-61(89)81(19)56(38-43(2)3)68(93)79-62(47(10)11)74(99)82(20)57(39-44(4)5)67(92)76-50(15)66(91)77-51(16)70(95)83(21)58(40-45(6)7)72(97)84(22)59(41-46(8)9)73(98)85(23)63(48(12)13)75(100)86(24)64(69(94)78-55)65(90)49(14)32-30-28-26-27-29-31-33-60(88)54-36-34-53(35-37-54)52(17)87/h34-37,43-51,55-59,62-65,90H,25-33,38-42H2,1-24H3,(H,76,92)(H,77,91)(H,78,94)(H,79,93)/t49-,50+,51-,55+,56+,57+,58+,59+,62+,63+,64+,65-/m1/s1. The Labute approximate surface area is 597 Å². The summed E-state index contributed by atoms with van der Waals surface area (Å²) in [6.45, 7) is 29.0. The molecule has 12 atom stereocenters. The number of carbonyl (C=O) groups is 13. The number of rotatable bonds is 24. The lowest BCUT2D eigenvalue weighted by atomic mass is 9.90. The SMILES string of the molecule is CC[C@@H]1NC(=O)[C@H]([C@H](O)[C@H](C)CCCCCCCCC(=O)c2ccc(C(C)=O)cc2)N(C)C(=O)[C@H](C(C)C)N(C)C(=O)[C@H](CC(C)C)N(C)C(=O)[C@H](CC(C)C)N(C)C(=O)[C@@H](C)NC(=O)[C@H](C)NC(=O)[C@H](CC(C)C)N(C)C(=O)[C@H](C(C)C)NC(=O)[C@H](CC(C)C)N(C)C(=O)CN(C)C1=O. The molecule has 0 saturated carbocycles. The molecule has 0 aromatic heterocycles.